The molecule has 0 aliphatic heterocycles. The van der Waals surface area contributed by atoms with Crippen molar-refractivity contribution in [3.05, 3.63) is 35.7 Å². The summed E-state index contributed by atoms with van der Waals surface area (Å²) < 4.78 is 1.85. The van der Waals surface area contributed by atoms with Gasteiger partial charge in [-0.1, -0.05) is 17.8 Å². The van der Waals surface area contributed by atoms with Crippen molar-refractivity contribution in [1.82, 2.24) is 14.8 Å². The van der Waals surface area contributed by atoms with Crippen LogP contribution in [-0.2, 0) is 24.7 Å². The zero-order valence-electron chi connectivity index (χ0n) is 12.0. The number of carbonyl (C=O) groups is 1. The maximum absolute atomic E-state index is 12.0. The van der Waals surface area contributed by atoms with Crippen LogP contribution < -0.4 is 5.32 Å². The Morgan fingerprint density at radius 1 is 1.38 bits per heavy atom. The third-order valence-electron chi connectivity index (χ3n) is 3.61. The fraction of sp³-hybridized carbons (Fsp3) is 0.400. The first-order chi connectivity index (χ1) is 10.2. The van der Waals surface area contributed by atoms with Gasteiger partial charge in [-0.25, -0.2) is 0 Å². The van der Waals surface area contributed by atoms with Crippen molar-refractivity contribution in [2.45, 2.75) is 30.8 Å². The molecule has 1 heterocycles. The van der Waals surface area contributed by atoms with Crippen molar-refractivity contribution < 1.29 is 4.79 Å². The molecule has 1 amide bonds. The van der Waals surface area contributed by atoms with E-state index in [-0.39, 0.29) is 5.91 Å². The van der Waals surface area contributed by atoms with Crippen LogP contribution in [0, 0.1) is 0 Å². The number of amides is 1. The van der Waals surface area contributed by atoms with Crippen molar-refractivity contribution in [2.24, 2.45) is 7.05 Å². The number of aryl methyl sites for hydroxylation is 3. The van der Waals surface area contributed by atoms with Crippen LogP contribution >= 0.6 is 11.8 Å². The Morgan fingerprint density at radius 2 is 2.24 bits per heavy atom. The van der Waals surface area contributed by atoms with E-state index in [4.69, 9.17) is 0 Å². The highest BCUT2D eigenvalue weighted by Gasteiger charge is 2.12. The lowest BCUT2D eigenvalue weighted by molar-refractivity contribution is -0.115. The molecule has 1 aliphatic carbocycles. The molecular weight excluding hydrogens is 284 g/mol. The van der Waals surface area contributed by atoms with E-state index in [1.807, 2.05) is 17.7 Å². The minimum absolute atomic E-state index is 0.0441. The second-order valence-corrected chi connectivity index (χ2v) is 6.27. The molecule has 1 aromatic carbocycles. The van der Waals surface area contributed by atoms with Crippen LogP contribution in [0.4, 0.5) is 5.69 Å². The van der Waals surface area contributed by atoms with Gasteiger partial charge < -0.3 is 9.88 Å². The number of hydrogen-bond acceptors (Lipinski definition) is 4. The van der Waals surface area contributed by atoms with Gasteiger partial charge in [-0.05, 0) is 42.5 Å². The Balaban J connectivity index is 1.49. The minimum atomic E-state index is 0.0441. The Hall–Kier alpha value is -1.82. The molecule has 5 nitrogen and oxygen atoms in total. The van der Waals surface area contributed by atoms with Crippen LogP contribution in [0.5, 0.6) is 0 Å². The average molecular weight is 302 g/mol. The molecule has 6 heteroatoms. The number of carbonyl (C=O) groups excluding carboxylic acids is 1. The minimum Gasteiger partial charge on any atom is -0.326 e. The normalized spacial score (nSPS) is 13.2. The third kappa shape index (κ3) is 3.44. The molecule has 0 saturated heterocycles. The molecule has 1 aromatic heterocycles. The monoisotopic (exact) mass is 302 g/mol. The first-order valence-corrected chi connectivity index (χ1v) is 8.09. The summed E-state index contributed by atoms with van der Waals surface area (Å²) >= 11 is 1.54. The average Bonchev–Trinajstić information content (AvgIpc) is 3.07. The second-order valence-electron chi connectivity index (χ2n) is 5.21. The SMILES string of the molecule is Cn1cnnc1SCCC(=O)Nc1ccc2c(c1)CCC2. The van der Waals surface area contributed by atoms with Crippen LogP contribution in [-0.4, -0.2) is 26.4 Å². The van der Waals surface area contributed by atoms with Crippen LogP contribution in [0.1, 0.15) is 24.0 Å². The number of rotatable bonds is 5. The molecule has 0 bridgehead atoms. The van der Waals surface area contributed by atoms with Crippen molar-refractivity contribution in [3.63, 3.8) is 0 Å². The van der Waals surface area contributed by atoms with Crippen molar-refractivity contribution in [2.75, 3.05) is 11.1 Å². The summed E-state index contributed by atoms with van der Waals surface area (Å²) in [4.78, 5) is 12.0. The van der Waals surface area contributed by atoms with E-state index in [0.717, 1.165) is 23.7 Å². The first-order valence-electron chi connectivity index (χ1n) is 7.11. The van der Waals surface area contributed by atoms with Gasteiger partial charge in [0.1, 0.15) is 6.33 Å². The fourth-order valence-electron chi connectivity index (χ4n) is 2.51. The summed E-state index contributed by atoms with van der Waals surface area (Å²) in [6.45, 7) is 0. The van der Waals surface area contributed by atoms with E-state index in [1.54, 1.807) is 18.1 Å². The van der Waals surface area contributed by atoms with E-state index in [2.05, 4.69) is 27.6 Å². The summed E-state index contributed by atoms with van der Waals surface area (Å²) in [6.07, 6.45) is 5.64. The van der Waals surface area contributed by atoms with Gasteiger partial charge in [-0.2, -0.15) is 0 Å². The molecule has 1 N–H and O–H groups in total. The lowest BCUT2D eigenvalue weighted by atomic mass is 10.1. The van der Waals surface area contributed by atoms with Gasteiger partial charge in [0.2, 0.25) is 5.91 Å². The van der Waals surface area contributed by atoms with E-state index < -0.39 is 0 Å². The van der Waals surface area contributed by atoms with E-state index >= 15 is 0 Å². The van der Waals surface area contributed by atoms with E-state index in [1.165, 1.54) is 17.5 Å². The smallest absolute Gasteiger partial charge is 0.225 e. The molecule has 21 heavy (non-hydrogen) atoms. The van der Waals surface area contributed by atoms with Gasteiger partial charge in [0.25, 0.3) is 0 Å². The largest absolute Gasteiger partial charge is 0.326 e. The highest BCUT2D eigenvalue weighted by molar-refractivity contribution is 7.99. The number of nitrogens with one attached hydrogen (secondary N) is 1. The standard InChI is InChI=1S/C15H18N4OS/c1-19-10-16-18-15(19)21-8-7-14(20)17-13-6-5-11-3-2-4-12(11)9-13/h5-6,9-10H,2-4,7-8H2,1H3,(H,17,20). The number of benzene rings is 1. The zero-order valence-corrected chi connectivity index (χ0v) is 12.8. The maximum atomic E-state index is 12.0. The van der Waals surface area contributed by atoms with Gasteiger partial charge >= 0.3 is 0 Å². The molecule has 0 fully saturated rings. The number of nitrogens with zero attached hydrogens (tertiary/aromatic N) is 3. The van der Waals surface area contributed by atoms with Gasteiger partial charge in [0.15, 0.2) is 5.16 Å². The second kappa shape index (κ2) is 6.30. The number of fused-ring (bicyclic) bond motifs is 1. The van der Waals surface area contributed by atoms with Crippen LogP contribution in [0.3, 0.4) is 0 Å². The van der Waals surface area contributed by atoms with E-state index in [9.17, 15) is 4.79 Å². The van der Waals surface area contributed by atoms with Crippen LogP contribution in [0.25, 0.3) is 0 Å². The predicted octanol–water partition coefficient (Wildman–Crippen LogP) is 2.42. The molecule has 1 aliphatic rings. The third-order valence-corrected chi connectivity index (χ3v) is 4.65. The topological polar surface area (TPSA) is 59.8 Å². The molecule has 0 spiro atoms. The summed E-state index contributed by atoms with van der Waals surface area (Å²) in [6, 6.07) is 6.24. The first kappa shape index (κ1) is 14.1. The Labute approximate surface area is 128 Å². The molecule has 3 rings (SSSR count). The maximum Gasteiger partial charge on any atom is 0.225 e. The number of hydrogen-bond donors (Lipinski definition) is 1. The molecule has 2 aromatic rings. The van der Waals surface area contributed by atoms with Gasteiger partial charge in [-0.15, -0.1) is 10.2 Å². The molecular formula is C15H18N4OS. The summed E-state index contributed by atoms with van der Waals surface area (Å²) in [5, 5.41) is 11.6. The Morgan fingerprint density at radius 3 is 3.05 bits per heavy atom. The highest BCUT2D eigenvalue weighted by Crippen LogP contribution is 2.25. The zero-order chi connectivity index (χ0) is 14.7. The van der Waals surface area contributed by atoms with E-state index in [0.29, 0.717) is 12.2 Å². The Bertz CT molecular complexity index is 653. The molecule has 0 radical (unpaired) electrons. The quantitative estimate of drug-likeness (QED) is 0.862. The summed E-state index contributed by atoms with van der Waals surface area (Å²) in [5.41, 5.74) is 3.71. The predicted molar refractivity (Wildman–Crippen MR) is 83.4 cm³/mol. The lowest BCUT2D eigenvalue weighted by Crippen LogP contribution is -2.12. The van der Waals surface area contributed by atoms with Crippen molar-refractivity contribution in [3.8, 4) is 0 Å². The van der Waals surface area contributed by atoms with Crippen LogP contribution in [0.15, 0.2) is 29.7 Å². The van der Waals surface area contributed by atoms with Crippen LogP contribution in [0.2, 0.25) is 0 Å². The highest BCUT2D eigenvalue weighted by atomic mass is 32.2. The Kier molecular flexibility index (Phi) is 4.24. The lowest BCUT2D eigenvalue weighted by Gasteiger charge is -2.07. The molecule has 110 valence electrons. The van der Waals surface area contributed by atoms with Gasteiger partial charge in [0, 0.05) is 24.9 Å². The molecule has 0 atom stereocenters. The summed E-state index contributed by atoms with van der Waals surface area (Å²) in [5.74, 6) is 0.742. The molecule has 0 unspecified atom stereocenters. The fourth-order valence-corrected chi connectivity index (χ4v) is 3.34. The van der Waals surface area contributed by atoms with Crippen molar-refractivity contribution >= 4 is 23.4 Å². The van der Waals surface area contributed by atoms with Gasteiger partial charge in [0.05, 0.1) is 0 Å². The number of thioether (sulfide) groups is 1. The number of anilines is 1. The van der Waals surface area contributed by atoms with Gasteiger partial charge in [-0.3, -0.25) is 4.79 Å². The number of aromatic nitrogens is 3. The summed E-state index contributed by atoms with van der Waals surface area (Å²) in [7, 11) is 1.90. The van der Waals surface area contributed by atoms with Crippen molar-refractivity contribution in [1.29, 1.82) is 0 Å². The molecule has 0 saturated carbocycles.